The molecule has 0 bridgehead atoms. The van der Waals surface area contributed by atoms with E-state index in [2.05, 4.69) is 0 Å². The molecule has 7 nitrogen and oxygen atoms in total. The lowest BCUT2D eigenvalue weighted by molar-refractivity contribution is -0.384. The average Bonchev–Trinajstić information content (AvgIpc) is 2.56. The topological polar surface area (TPSA) is 124 Å². The molecule has 1 saturated carbocycles. The number of carbonyl (C=O) groups excluding carboxylic acids is 1. The first-order valence-electron chi connectivity index (χ1n) is 7.96. The van der Waals surface area contributed by atoms with Crippen LogP contribution in [0.3, 0.4) is 0 Å². The number of benzene rings is 1. The van der Waals surface area contributed by atoms with Crippen LogP contribution in [0.25, 0.3) is 0 Å². The van der Waals surface area contributed by atoms with E-state index < -0.39 is 10.9 Å². The molecule has 0 radical (unpaired) electrons. The van der Waals surface area contributed by atoms with Gasteiger partial charge in [0.2, 0.25) is 0 Å². The molecule has 24 heavy (non-hydrogen) atoms. The number of hydrogen-bond donors (Lipinski definition) is 2. The summed E-state index contributed by atoms with van der Waals surface area (Å²) in [6.07, 6.45) is 7.31. The number of nitrogens with zero attached hydrogens (tertiary/aromatic N) is 1. The SMILES string of the molecule is CC(C)C(=O)O.NC1CCCCC1.O=Cc1ccc([N+](=O)[O-])cc1. The fraction of sp³-hybridized carbons (Fsp3) is 0.529. The maximum atomic E-state index is 10.1. The van der Waals surface area contributed by atoms with E-state index >= 15 is 0 Å². The highest BCUT2D eigenvalue weighted by Crippen LogP contribution is 2.14. The number of hydrogen-bond acceptors (Lipinski definition) is 5. The monoisotopic (exact) mass is 338 g/mol. The number of aliphatic carboxylic acids is 1. The normalized spacial score (nSPS) is 13.8. The van der Waals surface area contributed by atoms with Gasteiger partial charge in [-0.1, -0.05) is 33.1 Å². The van der Waals surface area contributed by atoms with Crippen LogP contribution in [0.2, 0.25) is 0 Å². The number of nitro benzene ring substituents is 1. The third kappa shape index (κ3) is 10.4. The second-order valence-electron chi connectivity index (χ2n) is 5.86. The average molecular weight is 338 g/mol. The van der Waals surface area contributed by atoms with E-state index in [1.807, 2.05) is 0 Å². The summed E-state index contributed by atoms with van der Waals surface area (Å²) < 4.78 is 0. The van der Waals surface area contributed by atoms with E-state index in [-0.39, 0.29) is 11.6 Å². The van der Waals surface area contributed by atoms with E-state index in [0.29, 0.717) is 17.9 Å². The smallest absolute Gasteiger partial charge is 0.305 e. The van der Waals surface area contributed by atoms with Gasteiger partial charge in [0.05, 0.1) is 10.8 Å². The van der Waals surface area contributed by atoms with Gasteiger partial charge in [-0.05, 0) is 25.0 Å². The molecule has 2 rings (SSSR count). The molecule has 0 unspecified atom stereocenters. The Kier molecular flexibility index (Phi) is 11.0. The number of nitro groups is 1. The first-order valence-corrected chi connectivity index (χ1v) is 7.96. The largest absolute Gasteiger partial charge is 0.481 e. The fourth-order valence-corrected chi connectivity index (χ4v) is 1.81. The van der Waals surface area contributed by atoms with Gasteiger partial charge in [0, 0.05) is 23.7 Å². The highest BCUT2D eigenvalue weighted by Gasteiger charge is 2.06. The molecule has 0 aliphatic heterocycles. The number of rotatable bonds is 3. The first kappa shape index (κ1) is 21.7. The van der Waals surface area contributed by atoms with Crippen LogP contribution in [0.1, 0.15) is 56.3 Å². The molecule has 3 N–H and O–H groups in total. The number of carboxylic acids is 1. The Hall–Kier alpha value is -2.28. The lowest BCUT2D eigenvalue weighted by Gasteiger charge is -2.15. The van der Waals surface area contributed by atoms with Gasteiger partial charge in [0.1, 0.15) is 6.29 Å². The Bertz CT molecular complexity index is 508. The molecular weight excluding hydrogens is 312 g/mol. The van der Waals surface area contributed by atoms with Gasteiger partial charge in [0.15, 0.2) is 0 Å². The zero-order valence-corrected chi connectivity index (χ0v) is 14.2. The summed E-state index contributed by atoms with van der Waals surface area (Å²) in [7, 11) is 0. The van der Waals surface area contributed by atoms with Gasteiger partial charge < -0.3 is 10.8 Å². The minimum atomic E-state index is -0.741. The maximum Gasteiger partial charge on any atom is 0.305 e. The second kappa shape index (κ2) is 12.2. The Balaban J connectivity index is 0.000000353. The molecule has 1 fully saturated rings. The van der Waals surface area contributed by atoms with Crippen LogP contribution in [-0.2, 0) is 4.79 Å². The number of aldehydes is 1. The number of non-ortho nitro benzene ring substituents is 1. The van der Waals surface area contributed by atoms with Crippen LogP contribution in [0, 0.1) is 16.0 Å². The molecule has 134 valence electrons. The molecule has 7 heteroatoms. The first-order chi connectivity index (χ1) is 11.3. The molecule has 0 saturated heterocycles. The summed E-state index contributed by atoms with van der Waals surface area (Å²) >= 11 is 0. The van der Waals surface area contributed by atoms with Crippen molar-refractivity contribution in [3.05, 3.63) is 39.9 Å². The van der Waals surface area contributed by atoms with Crippen molar-refractivity contribution in [1.29, 1.82) is 0 Å². The zero-order chi connectivity index (χ0) is 18.5. The standard InChI is InChI=1S/C7H5NO3.C6H13N.C4H8O2/c9-5-6-1-3-7(4-2-6)8(10)11;7-6-4-2-1-3-5-6;1-3(2)4(5)6/h1-5H;6H,1-5,7H2;3H,1-2H3,(H,5,6). The van der Waals surface area contributed by atoms with Crippen molar-refractivity contribution < 1.29 is 19.6 Å². The summed E-state index contributed by atoms with van der Waals surface area (Å²) in [5, 5.41) is 18.1. The van der Waals surface area contributed by atoms with Crippen molar-refractivity contribution in [3.63, 3.8) is 0 Å². The Morgan fingerprint density at radius 1 is 1.25 bits per heavy atom. The van der Waals surface area contributed by atoms with Gasteiger partial charge in [-0.15, -0.1) is 0 Å². The minimum absolute atomic E-state index is 0.00407. The molecule has 1 aromatic rings. The van der Waals surface area contributed by atoms with Crippen molar-refractivity contribution in [1.82, 2.24) is 0 Å². The molecule has 0 atom stereocenters. The van der Waals surface area contributed by atoms with Crippen LogP contribution in [0.5, 0.6) is 0 Å². The van der Waals surface area contributed by atoms with E-state index in [1.54, 1.807) is 13.8 Å². The Morgan fingerprint density at radius 2 is 1.71 bits per heavy atom. The lowest BCUT2D eigenvalue weighted by atomic mass is 9.97. The third-order valence-corrected chi connectivity index (χ3v) is 3.38. The van der Waals surface area contributed by atoms with Gasteiger partial charge in [-0.2, -0.15) is 0 Å². The second-order valence-corrected chi connectivity index (χ2v) is 5.86. The predicted molar refractivity (Wildman–Crippen MR) is 92.0 cm³/mol. The summed E-state index contributed by atoms with van der Waals surface area (Å²) in [6, 6.07) is 5.94. The molecule has 0 aromatic heterocycles. The zero-order valence-electron chi connectivity index (χ0n) is 14.2. The third-order valence-electron chi connectivity index (χ3n) is 3.38. The van der Waals surface area contributed by atoms with E-state index in [4.69, 9.17) is 10.8 Å². The lowest BCUT2D eigenvalue weighted by Crippen LogP contribution is -2.22. The van der Waals surface area contributed by atoms with Crippen LogP contribution in [0.15, 0.2) is 24.3 Å². The van der Waals surface area contributed by atoms with Gasteiger partial charge in [-0.25, -0.2) is 0 Å². The van der Waals surface area contributed by atoms with E-state index in [9.17, 15) is 19.7 Å². The summed E-state index contributed by atoms with van der Waals surface area (Å²) in [5.74, 6) is -0.972. The van der Waals surface area contributed by atoms with Crippen LogP contribution >= 0.6 is 0 Å². The summed E-state index contributed by atoms with van der Waals surface area (Å²) in [4.78, 5) is 29.4. The van der Waals surface area contributed by atoms with E-state index in [0.717, 1.165) is 0 Å². The van der Waals surface area contributed by atoms with E-state index in [1.165, 1.54) is 56.4 Å². The Labute approximate surface area is 142 Å². The van der Waals surface area contributed by atoms with Crippen LogP contribution < -0.4 is 5.73 Å². The minimum Gasteiger partial charge on any atom is -0.481 e. The van der Waals surface area contributed by atoms with Gasteiger partial charge in [0.25, 0.3) is 5.69 Å². The molecule has 1 aromatic carbocycles. The molecule has 0 spiro atoms. The van der Waals surface area contributed by atoms with Crippen molar-refractivity contribution in [3.8, 4) is 0 Å². The van der Waals surface area contributed by atoms with Gasteiger partial charge >= 0.3 is 5.97 Å². The van der Waals surface area contributed by atoms with Gasteiger partial charge in [-0.3, -0.25) is 19.7 Å². The van der Waals surface area contributed by atoms with Crippen molar-refractivity contribution in [2.45, 2.75) is 52.0 Å². The quantitative estimate of drug-likeness (QED) is 0.494. The number of carbonyl (C=O) groups is 2. The summed E-state index contributed by atoms with van der Waals surface area (Å²) in [5.41, 5.74) is 6.07. The molecular formula is C17H26N2O5. The number of nitrogens with two attached hydrogens (primary N) is 1. The highest BCUT2D eigenvalue weighted by atomic mass is 16.6. The molecule has 1 aliphatic carbocycles. The van der Waals surface area contributed by atoms with Crippen molar-refractivity contribution in [2.75, 3.05) is 0 Å². The molecule has 0 amide bonds. The maximum absolute atomic E-state index is 10.1. The summed E-state index contributed by atoms with van der Waals surface area (Å²) in [6.45, 7) is 3.28. The number of carboxylic acid groups (broad SMARTS) is 1. The Morgan fingerprint density at radius 3 is 1.96 bits per heavy atom. The highest BCUT2D eigenvalue weighted by molar-refractivity contribution is 5.75. The van der Waals surface area contributed by atoms with Crippen molar-refractivity contribution in [2.24, 2.45) is 11.7 Å². The fourth-order valence-electron chi connectivity index (χ4n) is 1.81. The van der Waals surface area contributed by atoms with Crippen LogP contribution in [0.4, 0.5) is 5.69 Å². The molecule has 1 aliphatic rings. The molecule has 0 heterocycles. The van der Waals surface area contributed by atoms with Crippen molar-refractivity contribution >= 4 is 17.9 Å². The predicted octanol–water partition coefficient (Wildman–Crippen LogP) is 3.41. The van der Waals surface area contributed by atoms with Crippen LogP contribution in [-0.4, -0.2) is 28.3 Å².